The third-order valence-electron chi connectivity index (χ3n) is 7.55. The van der Waals surface area contributed by atoms with Crippen LogP contribution in [0.1, 0.15) is 20.7 Å². The van der Waals surface area contributed by atoms with Crippen molar-refractivity contribution in [3.05, 3.63) is 83.9 Å². The van der Waals surface area contributed by atoms with Gasteiger partial charge in [-0.1, -0.05) is 60.7 Å². The van der Waals surface area contributed by atoms with E-state index < -0.39 is 11.9 Å². The number of carbonyl (C=O) groups is 2. The standard InChI is InChI=1S/C30H14O4/c31-29(32)23-18-10-8-14-4-2-6-16-12-20-24(30(33)34)17-9-7-13-3-1-5-15-11-19(23)27(25(17)21(13)15)28(20)26(18)22(14)16/h1-12H,(H,31,32)(H,33,34). The van der Waals surface area contributed by atoms with Crippen molar-refractivity contribution in [2.24, 2.45) is 0 Å². The quantitative estimate of drug-likeness (QED) is 0.217. The van der Waals surface area contributed by atoms with Gasteiger partial charge in [0.25, 0.3) is 0 Å². The van der Waals surface area contributed by atoms with Crippen LogP contribution in [0.5, 0.6) is 0 Å². The molecular weight excluding hydrogens is 424 g/mol. The summed E-state index contributed by atoms with van der Waals surface area (Å²) in [5, 5.41) is 32.5. The number of carboxylic acids is 2. The van der Waals surface area contributed by atoms with Gasteiger partial charge in [-0.3, -0.25) is 0 Å². The summed E-state index contributed by atoms with van der Waals surface area (Å²) in [7, 11) is 0. The van der Waals surface area contributed by atoms with Crippen molar-refractivity contribution in [1.29, 1.82) is 0 Å². The molecule has 8 aromatic carbocycles. The third-order valence-corrected chi connectivity index (χ3v) is 7.55. The molecule has 0 aliphatic carbocycles. The fraction of sp³-hybridized carbons (Fsp3) is 0. The van der Waals surface area contributed by atoms with Crippen molar-refractivity contribution < 1.29 is 19.8 Å². The number of hydrogen-bond acceptors (Lipinski definition) is 2. The zero-order valence-corrected chi connectivity index (χ0v) is 17.6. The van der Waals surface area contributed by atoms with E-state index in [2.05, 4.69) is 0 Å². The van der Waals surface area contributed by atoms with Gasteiger partial charge in [-0.15, -0.1) is 0 Å². The molecular formula is C30H14O4. The zero-order chi connectivity index (χ0) is 22.9. The highest BCUT2D eigenvalue weighted by Gasteiger charge is 2.28. The van der Waals surface area contributed by atoms with Gasteiger partial charge in [-0.25, -0.2) is 9.59 Å². The monoisotopic (exact) mass is 438 g/mol. The lowest BCUT2D eigenvalue weighted by molar-refractivity contribution is 0.0690. The van der Waals surface area contributed by atoms with Gasteiger partial charge < -0.3 is 10.2 Å². The molecule has 34 heavy (non-hydrogen) atoms. The van der Waals surface area contributed by atoms with Crippen molar-refractivity contribution in [3.63, 3.8) is 0 Å². The van der Waals surface area contributed by atoms with Gasteiger partial charge in [0.2, 0.25) is 0 Å². The molecule has 4 nitrogen and oxygen atoms in total. The minimum atomic E-state index is -0.983. The Morgan fingerprint density at radius 1 is 0.441 bits per heavy atom. The fourth-order valence-corrected chi connectivity index (χ4v) is 6.38. The molecule has 4 heteroatoms. The average Bonchev–Trinajstić information content (AvgIpc) is 2.83. The summed E-state index contributed by atoms with van der Waals surface area (Å²) in [6.07, 6.45) is 0. The average molecular weight is 438 g/mol. The van der Waals surface area contributed by atoms with Gasteiger partial charge >= 0.3 is 11.9 Å². The Morgan fingerprint density at radius 3 is 1.24 bits per heavy atom. The van der Waals surface area contributed by atoms with Gasteiger partial charge in [0.05, 0.1) is 11.1 Å². The van der Waals surface area contributed by atoms with Crippen LogP contribution in [0.3, 0.4) is 0 Å². The summed E-state index contributed by atoms with van der Waals surface area (Å²) < 4.78 is 0. The largest absolute Gasteiger partial charge is 0.478 e. The van der Waals surface area contributed by atoms with E-state index in [0.29, 0.717) is 21.5 Å². The molecule has 0 fully saturated rings. The third kappa shape index (κ3) is 1.84. The molecule has 0 spiro atoms. The topological polar surface area (TPSA) is 74.6 Å². The van der Waals surface area contributed by atoms with E-state index in [1.165, 1.54) is 0 Å². The molecule has 0 atom stereocenters. The van der Waals surface area contributed by atoms with Gasteiger partial charge in [-0.05, 0) is 87.5 Å². The lowest BCUT2D eigenvalue weighted by Gasteiger charge is -2.23. The normalized spacial score (nSPS) is 12.6. The molecule has 0 amide bonds. The predicted octanol–water partition coefficient (Wildman–Crippen LogP) is 7.47. The highest BCUT2D eigenvalue weighted by Crippen LogP contribution is 2.50. The van der Waals surface area contributed by atoms with Crippen LogP contribution in [0.2, 0.25) is 0 Å². The number of benzene rings is 8. The summed E-state index contributed by atoms with van der Waals surface area (Å²) in [6, 6.07) is 23.4. The lowest BCUT2D eigenvalue weighted by Crippen LogP contribution is -2.06. The van der Waals surface area contributed by atoms with E-state index >= 15 is 0 Å². The van der Waals surface area contributed by atoms with Crippen molar-refractivity contribution in [2.45, 2.75) is 0 Å². The summed E-state index contributed by atoms with van der Waals surface area (Å²) in [4.78, 5) is 25.5. The molecule has 0 radical (unpaired) electrons. The summed E-state index contributed by atoms with van der Waals surface area (Å²) in [6.45, 7) is 0. The Morgan fingerprint density at radius 2 is 0.824 bits per heavy atom. The maximum absolute atomic E-state index is 12.7. The summed E-state index contributed by atoms with van der Waals surface area (Å²) >= 11 is 0. The molecule has 0 saturated heterocycles. The molecule has 0 heterocycles. The maximum atomic E-state index is 12.7. The Labute approximate surface area is 191 Å². The van der Waals surface area contributed by atoms with Crippen molar-refractivity contribution >= 4 is 87.3 Å². The molecule has 0 unspecified atom stereocenters. The highest BCUT2D eigenvalue weighted by molar-refractivity contribution is 6.47. The number of hydrogen-bond donors (Lipinski definition) is 2. The second kappa shape index (κ2) is 5.61. The van der Waals surface area contributed by atoms with Crippen LogP contribution in [0.15, 0.2) is 72.8 Å². The second-order valence-corrected chi connectivity index (χ2v) is 9.09. The molecule has 158 valence electrons. The number of aromatic carboxylic acids is 2. The predicted molar refractivity (Wildman–Crippen MR) is 136 cm³/mol. The lowest BCUT2D eigenvalue weighted by atomic mass is 9.79. The van der Waals surface area contributed by atoms with E-state index in [0.717, 1.165) is 53.9 Å². The smallest absolute Gasteiger partial charge is 0.336 e. The Balaban J connectivity index is 1.90. The second-order valence-electron chi connectivity index (χ2n) is 9.09. The Kier molecular flexibility index (Phi) is 2.94. The molecule has 8 rings (SSSR count). The van der Waals surface area contributed by atoms with Gasteiger partial charge in [0.1, 0.15) is 0 Å². The molecule has 8 aromatic rings. The van der Waals surface area contributed by atoms with Crippen LogP contribution in [0, 0.1) is 0 Å². The maximum Gasteiger partial charge on any atom is 0.336 e. The first-order valence-electron chi connectivity index (χ1n) is 11.1. The van der Waals surface area contributed by atoms with Gasteiger partial charge in [0, 0.05) is 0 Å². The molecule has 0 saturated carbocycles. The Bertz CT molecular complexity index is 2010. The van der Waals surface area contributed by atoms with E-state index in [-0.39, 0.29) is 11.1 Å². The van der Waals surface area contributed by atoms with Crippen LogP contribution >= 0.6 is 0 Å². The van der Waals surface area contributed by atoms with Crippen molar-refractivity contribution in [2.75, 3.05) is 0 Å². The SMILES string of the molecule is O=C(O)c1c2ccc3cccc4cc5c(C(=O)O)c6ccc7cccc8cc1c(c6c78)c5c2c34. The van der Waals surface area contributed by atoms with E-state index in [9.17, 15) is 19.8 Å². The van der Waals surface area contributed by atoms with E-state index in [4.69, 9.17) is 0 Å². The molecule has 2 N–H and O–H groups in total. The first kappa shape index (κ1) is 17.8. The highest BCUT2D eigenvalue weighted by atomic mass is 16.4. The summed E-state index contributed by atoms with van der Waals surface area (Å²) in [5.41, 5.74) is 0.533. The van der Waals surface area contributed by atoms with Crippen molar-refractivity contribution in [1.82, 2.24) is 0 Å². The first-order chi connectivity index (χ1) is 16.5. The van der Waals surface area contributed by atoms with E-state index in [1.54, 1.807) is 0 Å². The minimum absolute atomic E-state index is 0.267. The van der Waals surface area contributed by atoms with E-state index in [1.807, 2.05) is 72.8 Å². The number of carboxylic acid groups (broad SMARTS) is 2. The molecule has 0 bridgehead atoms. The molecule has 0 aliphatic rings. The van der Waals surface area contributed by atoms with Crippen LogP contribution in [0.25, 0.3) is 75.4 Å². The number of rotatable bonds is 2. The van der Waals surface area contributed by atoms with Crippen LogP contribution < -0.4 is 0 Å². The van der Waals surface area contributed by atoms with Gasteiger partial charge in [-0.2, -0.15) is 0 Å². The zero-order valence-electron chi connectivity index (χ0n) is 17.6. The minimum Gasteiger partial charge on any atom is -0.478 e. The fourth-order valence-electron chi connectivity index (χ4n) is 6.38. The molecule has 0 aliphatic heterocycles. The van der Waals surface area contributed by atoms with Crippen molar-refractivity contribution in [3.8, 4) is 0 Å². The van der Waals surface area contributed by atoms with Crippen LogP contribution in [-0.4, -0.2) is 22.2 Å². The van der Waals surface area contributed by atoms with Gasteiger partial charge in [0.15, 0.2) is 0 Å². The van der Waals surface area contributed by atoms with Crippen LogP contribution in [0.4, 0.5) is 0 Å². The molecule has 0 aromatic heterocycles. The Hall–Kier alpha value is -4.70. The first-order valence-corrected chi connectivity index (χ1v) is 11.1. The van der Waals surface area contributed by atoms with Crippen LogP contribution in [-0.2, 0) is 0 Å². The summed E-state index contributed by atoms with van der Waals surface area (Å²) in [5.74, 6) is -1.97.